The first kappa shape index (κ1) is 30.4. The normalized spacial score (nSPS) is 22.2. The minimum Gasteiger partial charge on any atom is -0.331 e. The number of hydrogen-bond donors (Lipinski definition) is 0. The fraction of sp³-hybridized carbons (Fsp3) is 0.448. The minimum absolute atomic E-state index is 0.00981. The summed E-state index contributed by atoms with van der Waals surface area (Å²) in [5, 5.41) is 4.23. The van der Waals surface area contributed by atoms with Gasteiger partial charge in [0.1, 0.15) is 11.5 Å². The van der Waals surface area contributed by atoms with Crippen LogP contribution >= 0.6 is 11.6 Å². The molecule has 0 bridgehead atoms. The Labute approximate surface area is 257 Å². The SMILES string of the molecule is C[C@@H]1Cc2nn3c(c2CN1C(=O)c1ccc(Cl)c(C(F)(F)F)c1)C(=O)N([C@@H](C)c1ccc(N2CCCS2(=O)=O)nc1)C[C@H]3C. The number of pyridine rings is 1. The van der Waals surface area contributed by atoms with Gasteiger partial charge in [-0.05, 0) is 57.0 Å². The summed E-state index contributed by atoms with van der Waals surface area (Å²) in [4.78, 5) is 35.1. The molecular formula is C29H30ClF3N6O4S. The number of fused-ring (bicyclic) bond motifs is 3. The monoisotopic (exact) mass is 650 g/mol. The molecule has 3 aliphatic heterocycles. The lowest BCUT2D eigenvalue weighted by molar-refractivity contribution is -0.137. The molecule has 0 saturated carbocycles. The highest BCUT2D eigenvalue weighted by Gasteiger charge is 2.41. The standard InChI is InChI=1S/C29H30ClF3N6O4S/c1-16-11-24-21(15-36(16)27(40)19-5-7-23(30)22(12-19)29(31,32)33)26-28(41)37(14-17(2)39(26)35-24)18(3)20-6-8-25(34-13-20)38-9-4-10-44(38,42)43/h5-8,12-13,16-18H,4,9-11,14-15H2,1-3H3/t16-,17-,18+/m1/s1. The average Bonchev–Trinajstić information content (AvgIpc) is 3.52. The Morgan fingerprint density at radius 1 is 1.14 bits per heavy atom. The Morgan fingerprint density at radius 2 is 1.89 bits per heavy atom. The number of sulfonamides is 1. The Kier molecular flexibility index (Phi) is 7.43. The van der Waals surface area contributed by atoms with E-state index < -0.39 is 38.7 Å². The van der Waals surface area contributed by atoms with E-state index >= 15 is 0 Å². The fourth-order valence-corrected chi connectivity index (χ4v) is 7.94. The first-order valence-corrected chi connectivity index (χ1v) is 16.2. The molecule has 1 aromatic carbocycles. The number of anilines is 1. The molecule has 2 aromatic heterocycles. The summed E-state index contributed by atoms with van der Waals surface area (Å²) in [7, 11) is -3.38. The van der Waals surface area contributed by atoms with Gasteiger partial charge in [0.2, 0.25) is 10.0 Å². The van der Waals surface area contributed by atoms with E-state index in [0.29, 0.717) is 48.7 Å². The van der Waals surface area contributed by atoms with Crippen molar-refractivity contribution in [3.05, 3.63) is 75.2 Å². The van der Waals surface area contributed by atoms with Crippen LogP contribution in [0.1, 0.15) is 82.5 Å². The quantitative estimate of drug-likeness (QED) is 0.399. The minimum atomic E-state index is -4.72. The van der Waals surface area contributed by atoms with Gasteiger partial charge in [-0.2, -0.15) is 18.3 Å². The summed E-state index contributed by atoms with van der Waals surface area (Å²) in [6.45, 7) is 6.34. The number of aromatic nitrogens is 3. The number of carbonyl (C=O) groups excluding carboxylic acids is 2. The molecule has 1 saturated heterocycles. The van der Waals surface area contributed by atoms with Crippen molar-refractivity contribution < 1.29 is 31.2 Å². The van der Waals surface area contributed by atoms with Crippen LogP contribution in [-0.2, 0) is 29.2 Å². The van der Waals surface area contributed by atoms with Crippen LogP contribution in [0.25, 0.3) is 0 Å². The lowest BCUT2D eigenvalue weighted by Gasteiger charge is -2.37. The van der Waals surface area contributed by atoms with E-state index in [1.165, 1.54) is 15.3 Å². The molecule has 1 fully saturated rings. The predicted octanol–water partition coefficient (Wildman–Crippen LogP) is 4.86. The molecule has 234 valence electrons. The third-order valence-corrected chi connectivity index (χ3v) is 10.8. The second-order valence-electron chi connectivity index (χ2n) is 11.6. The van der Waals surface area contributed by atoms with Crippen LogP contribution < -0.4 is 4.31 Å². The van der Waals surface area contributed by atoms with Gasteiger partial charge >= 0.3 is 6.18 Å². The number of benzene rings is 1. The first-order valence-electron chi connectivity index (χ1n) is 14.2. The predicted molar refractivity (Wildman–Crippen MR) is 156 cm³/mol. The largest absolute Gasteiger partial charge is 0.417 e. The van der Waals surface area contributed by atoms with Crippen molar-refractivity contribution in [2.75, 3.05) is 23.1 Å². The van der Waals surface area contributed by atoms with Gasteiger partial charge in [0.05, 0.1) is 40.7 Å². The molecule has 0 radical (unpaired) electrons. The van der Waals surface area contributed by atoms with Crippen LogP contribution in [0, 0.1) is 0 Å². The zero-order valence-electron chi connectivity index (χ0n) is 24.2. The van der Waals surface area contributed by atoms with E-state index in [1.807, 2.05) is 13.8 Å². The maximum atomic E-state index is 14.0. The number of halogens is 4. The Hall–Kier alpha value is -3.65. The van der Waals surface area contributed by atoms with E-state index in [1.54, 1.807) is 34.8 Å². The van der Waals surface area contributed by atoms with E-state index in [4.69, 9.17) is 16.7 Å². The zero-order valence-corrected chi connectivity index (χ0v) is 25.7. The number of nitrogens with zero attached hydrogens (tertiary/aromatic N) is 6. The van der Waals surface area contributed by atoms with Gasteiger partial charge in [-0.1, -0.05) is 17.7 Å². The molecule has 0 spiro atoms. The topological polar surface area (TPSA) is 109 Å². The molecular weight excluding hydrogens is 621 g/mol. The summed E-state index contributed by atoms with van der Waals surface area (Å²) in [6.07, 6.45) is -2.27. The molecule has 3 aliphatic rings. The van der Waals surface area contributed by atoms with Crippen LogP contribution in [0.2, 0.25) is 5.02 Å². The Balaban J connectivity index is 1.27. The van der Waals surface area contributed by atoms with Gasteiger partial charge in [-0.25, -0.2) is 13.4 Å². The molecule has 6 rings (SSSR count). The summed E-state index contributed by atoms with van der Waals surface area (Å²) in [5.41, 5.74) is 1.08. The molecule has 0 N–H and O–H groups in total. The van der Waals surface area contributed by atoms with Crippen LogP contribution in [0.5, 0.6) is 0 Å². The summed E-state index contributed by atoms with van der Waals surface area (Å²) >= 11 is 5.77. The fourth-order valence-electron chi connectivity index (χ4n) is 6.20. The van der Waals surface area contributed by atoms with Crippen molar-refractivity contribution in [3.8, 4) is 0 Å². The average molecular weight is 651 g/mol. The van der Waals surface area contributed by atoms with Crippen LogP contribution in [0.4, 0.5) is 19.0 Å². The number of alkyl halides is 3. The van der Waals surface area contributed by atoms with E-state index in [2.05, 4.69) is 4.98 Å². The van der Waals surface area contributed by atoms with Crippen molar-refractivity contribution in [3.63, 3.8) is 0 Å². The third-order valence-electron chi connectivity index (χ3n) is 8.64. The second-order valence-corrected chi connectivity index (χ2v) is 14.0. The second kappa shape index (κ2) is 10.8. The molecule has 10 nitrogen and oxygen atoms in total. The number of amides is 2. The highest BCUT2D eigenvalue weighted by atomic mass is 35.5. The van der Waals surface area contributed by atoms with Crippen molar-refractivity contribution >= 4 is 39.3 Å². The van der Waals surface area contributed by atoms with E-state index in [9.17, 15) is 31.2 Å². The maximum Gasteiger partial charge on any atom is 0.417 e. The molecule has 3 atom stereocenters. The van der Waals surface area contributed by atoms with Gasteiger partial charge in [0.25, 0.3) is 11.8 Å². The molecule has 5 heterocycles. The number of carbonyl (C=O) groups is 2. The summed E-state index contributed by atoms with van der Waals surface area (Å²) in [6, 6.07) is 5.53. The van der Waals surface area contributed by atoms with E-state index in [-0.39, 0.29) is 35.9 Å². The number of rotatable bonds is 4. The van der Waals surface area contributed by atoms with E-state index in [0.717, 1.165) is 17.7 Å². The highest BCUT2D eigenvalue weighted by molar-refractivity contribution is 7.93. The highest BCUT2D eigenvalue weighted by Crippen LogP contribution is 2.38. The molecule has 2 amide bonds. The molecule has 0 unspecified atom stereocenters. The van der Waals surface area contributed by atoms with Crippen LogP contribution in [0.15, 0.2) is 36.5 Å². The molecule has 0 aliphatic carbocycles. The number of hydrogen-bond acceptors (Lipinski definition) is 6. The van der Waals surface area contributed by atoms with Crippen molar-refractivity contribution in [1.82, 2.24) is 24.6 Å². The molecule has 44 heavy (non-hydrogen) atoms. The van der Waals surface area contributed by atoms with Crippen LogP contribution in [0.3, 0.4) is 0 Å². The smallest absolute Gasteiger partial charge is 0.331 e. The van der Waals surface area contributed by atoms with Gasteiger partial charge < -0.3 is 9.80 Å². The lowest BCUT2D eigenvalue weighted by atomic mass is 9.96. The zero-order chi connectivity index (χ0) is 31.7. The van der Waals surface area contributed by atoms with Crippen molar-refractivity contribution in [1.29, 1.82) is 0 Å². The third kappa shape index (κ3) is 5.11. The maximum absolute atomic E-state index is 14.0. The van der Waals surface area contributed by atoms with Gasteiger partial charge in [0.15, 0.2) is 0 Å². The molecule has 15 heteroatoms. The first-order chi connectivity index (χ1) is 20.7. The Morgan fingerprint density at radius 3 is 2.52 bits per heavy atom. The van der Waals surface area contributed by atoms with Crippen LogP contribution in [-0.4, -0.2) is 69.7 Å². The van der Waals surface area contributed by atoms with Crippen molar-refractivity contribution in [2.45, 2.75) is 64.5 Å². The molecule has 3 aromatic rings. The lowest BCUT2D eigenvalue weighted by Crippen LogP contribution is -2.45. The summed E-state index contributed by atoms with van der Waals surface area (Å²) in [5.74, 6) is -0.464. The summed E-state index contributed by atoms with van der Waals surface area (Å²) < 4.78 is 68.0. The van der Waals surface area contributed by atoms with Crippen molar-refractivity contribution in [2.24, 2.45) is 0 Å². The van der Waals surface area contributed by atoms with Gasteiger partial charge in [0, 0.05) is 42.9 Å². The van der Waals surface area contributed by atoms with Gasteiger partial charge in [-0.15, -0.1) is 0 Å². The Bertz CT molecular complexity index is 1760. The van der Waals surface area contributed by atoms with Gasteiger partial charge in [-0.3, -0.25) is 18.6 Å².